The minimum absolute atomic E-state index is 0.246. The third kappa shape index (κ3) is 2.68. The van der Waals surface area contributed by atoms with Gasteiger partial charge in [0.15, 0.2) is 0 Å². The van der Waals surface area contributed by atoms with Crippen molar-refractivity contribution in [3.63, 3.8) is 0 Å². The fourth-order valence-corrected chi connectivity index (χ4v) is 3.77. The average molecular weight is 441 g/mol. The highest BCUT2D eigenvalue weighted by Gasteiger charge is 2.14. The van der Waals surface area contributed by atoms with Crippen molar-refractivity contribution in [1.82, 2.24) is 9.55 Å². The topological polar surface area (TPSA) is 17.8 Å². The molecule has 2 nitrogen and oxygen atoms in total. The minimum atomic E-state index is -0.246. The smallest absolute Gasteiger partial charge is 0.138 e. The molecule has 2 aromatic heterocycles. The fraction of sp³-hybridized carbons (Fsp3) is 0.154. The highest BCUT2D eigenvalue weighted by Crippen LogP contribution is 2.27. The van der Waals surface area contributed by atoms with Gasteiger partial charge < -0.3 is 4.57 Å². The van der Waals surface area contributed by atoms with Crippen LogP contribution in [0, 0.1) is 9.39 Å². The molecule has 3 rings (SSSR count). The predicted octanol–water partition coefficient (Wildman–Crippen LogP) is 5.28. The second-order valence-corrected chi connectivity index (χ2v) is 7.44. The van der Waals surface area contributed by atoms with Crippen LogP contribution in [0.25, 0.3) is 11.0 Å². The number of aromatic nitrogens is 2. The zero-order valence-electron chi connectivity index (χ0n) is 10.0. The van der Waals surface area contributed by atoms with Crippen molar-refractivity contribution in [3.05, 3.63) is 48.7 Å². The average Bonchev–Trinajstić information content (AvgIpc) is 2.96. The van der Waals surface area contributed by atoms with Crippen molar-refractivity contribution in [2.24, 2.45) is 0 Å². The lowest BCUT2D eigenvalue weighted by atomic mass is 10.3. The summed E-state index contributed by atoms with van der Waals surface area (Å²) in [5, 5.41) is 0. The molecule has 0 aliphatic heterocycles. The Morgan fingerprint density at radius 3 is 2.80 bits per heavy atom. The Balaban J connectivity index is 2.14. The highest BCUT2D eigenvalue weighted by molar-refractivity contribution is 14.1. The number of alkyl halides is 1. The van der Waals surface area contributed by atoms with Crippen molar-refractivity contribution in [1.29, 1.82) is 0 Å². The van der Waals surface area contributed by atoms with Crippen LogP contribution in [0.3, 0.4) is 0 Å². The van der Waals surface area contributed by atoms with Crippen LogP contribution in [0.15, 0.2) is 24.3 Å². The molecular formula is C13H8Cl2FIN2S. The van der Waals surface area contributed by atoms with Gasteiger partial charge in [-0.15, -0.1) is 22.9 Å². The Hall–Kier alpha value is -0.370. The number of nitrogens with zero attached hydrogens (tertiary/aromatic N) is 2. The van der Waals surface area contributed by atoms with E-state index in [4.69, 9.17) is 23.2 Å². The summed E-state index contributed by atoms with van der Waals surface area (Å²) in [5.41, 5.74) is 1.51. The Morgan fingerprint density at radius 2 is 2.15 bits per heavy atom. The molecule has 0 aliphatic rings. The molecule has 0 unspecified atom stereocenters. The molecule has 0 saturated carbocycles. The van der Waals surface area contributed by atoms with Crippen LogP contribution in [0.5, 0.6) is 0 Å². The van der Waals surface area contributed by atoms with Crippen LogP contribution in [0.2, 0.25) is 4.34 Å². The minimum Gasteiger partial charge on any atom is -0.322 e. The van der Waals surface area contributed by atoms with Gasteiger partial charge >= 0.3 is 0 Å². The van der Waals surface area contributed by atoms with Crippen molar-refractivity contribution in [3.8, 4) is 0 Å². The summed E-state index contributed by atoms with van der Waals surface area (Å²) in [6.07, 6.45) is 0. The van der Waals surface area contributed by atoms with E-state index in [-0.39, 0.29) is 11.7 Å². The Labute approximate surface area is 142 Å². The third-order valence-corrected chi connectivity index (χ3v) is 5.21. The van der Waals surface area contributed by atoms with Crippen molar-refractivity contribution < 1.29 is 4.39 Å². The normalized spacial score (nSPS) is 11.4. The van der Waals surface area contributed by atoms with Crippen LogP contribution >= 0.6 is 57.1 Å². The number of hydrogen-bond acceptors (Lipinski definition) is 2. The first-order valence-corrected chi connectivity index (χ1v) is 8.53. The van der Waals surface area contributed by atoms with Crippen LogP contribution in [-0.2, 0) is 12.4 Å². The Morgan fingerprint density at radius 1 is 1.35 bits per heavy atom. The lowest BCUT2D eigenvalue weighted by Crippen LogP contribution is -2.02. The molecule has 0 N–H and O–H groups in total. The largest absolute Gasteiger partial charge is 0.322 e. The number of fused-ring (bicyclic) bond motifs is 1. The quantitative estimate of drug-likeness (QED) is 0.400. The second-order valence-electron chi connectivity index (χ2n) is 4.21. The van der Waals surface area contributed by atoms with E-state index in [0.29, 0.717) is 10.1 Å². The fourth-order valence-electron chi connectivity index (χ4n) is 2.04. The van der Waals surface area contributed by atoms with Gasteiger partial charge in [0.2, 0.25) is 0 Å². The van der Waals surface area contributed by atoms with E-state index in [0.717, 1.165) is 26.1 Å². The zero-order chi connectivity index (χ0) is 14.3. The molecule has 2 heterocycles. The molecule has 0 spiro atoms. The van der Waals surface area contributed by atoms with E-state index in [1.807, 2.05) is 39.3 Å². The van der Waals surface area contributed by atoms with E-state index >= 15 is 0 Å². The molecule has 104 valence electrons. The number of halogens is 4. The number of hydrogen-bond donors (Lipinski definition) is 0. The number of rotatable bonds is 3. The van der Waals surface area contributed by atoms with E-state index in [2.05, 4.69) is 4.98 Å². The number of thiophene rings is 1. The van der Waals surface area contributed by atoms with Gasteiger partial charge in [-0.25, -0.2) is 9.37 Å². The van der Waals surface area contributed by atoms with Gasteiger partial charge in [0.25, 0.3) is 0 Å². The molecular weight excluding hydrogens is 433 g/mol. The SMILES string of the molecule is Fc1cc2c(cc1I)nc(CCl)n2Cc1ccc(Cl)s1. The van der Waals surface area contributed by atoms with Crippen LogP contribution in [0.4, 0.5) is 4.39 Å². The van der Waals surface area contributed by atoms with Gasteiger partial charge in [-0.3, -0.25) is 0 Å². The lowest BCUT2D eigenvalue weighted by molar-refractivity contribution is 0.621. The molecule has 0 aliphatic carbocycles. The van der Waals surface area contributed by atoms with Crippen LogP contribution < -0.4 is 0 Å². The molecule has 0 fully saturated rings. The zero-order valence-corrected chi connectivity index (χ0v) is 14.5. The van der Waals surface area contributed by atoms with Crippen molar-refractivity contribution in [2.45, 2.75) is 12.4 Å². The first-order valence-electron chi connectivity index (χ1n) is 5.73. The number of benzene rings is 1. The maximum Gasteiger partial charge on any atom is 0.138 e. The maximum atomic E-state index is 13.8. The van der Waals surface area contributed by atoms with Gasteiger partial charge in [0, 0.05) is 10.9 Å². The Kier molecular flexibility index (Phi) is 4.21. The molecule has 7 heteroatoms. The van der Waals surface area contributed by atoms with Crippen molar-refractivity contribution in [2.75, 3.05) is 0 Å². The molecule has 20 heavy (non-hydrogen) atoms. The standard InChI is InChI=1S/C13H8Cl2FIN2S/c14-5-13-18-10-4-9(17)8(16)3-11(10)19(13)6-7-1-2-12(15)20-7/h1-4H,5-6H2. The summed E-state index contributed by atoms with van der Waals surface area (Å²) < 4.78 is 17.0. The third-order valence-electron chi connectivity index (χ3n) is 2.93. The first-order chi connectivity index (χ1) is 9.58. The second kappa shape index (κ2) is 5.79. The molecule has 0 radical (unpaired) electrons. The molecule has 1 aromatic carbocycles. The molecule has 0 saturated heterocycles. The monoisotopic (exact) mass is 440 g/mol. The van der Waals surface area contributed by atoms with Crippen LogP contribution in [0.1, 0.15) is 10.7 Å². The summed E-state index contributed by atoms with van der Waals surface area (Å²) >= 11 is 15.4. The van der Waals surface area contributed by atoms with E-state index < -0.39 is 0 Å². The van der Waals surface area contributed by atoms with Gasteiger partial charge in [0.05, 0.1) is 31.4 Å². The van der Waals surface area contributed by atoms with E-state index in [9.17, 15) is 4.39 Å². The summed E-state index contributed by atoms with van der Waals surface area (Å²) in [6, 6.07) is 7.05. The first kappa shape index (κ1) is 14.6. The maximum absolute atomic E-state index is 13.8. The lowest BCUT2D eigenvalue weighted by Gasteiger charge is -2.06. The Bertz CT molecular complexity index is 784. The van der Waals surface area contributed by atoms with Crippen molar-refractivity contribution >= 4 is 68.2 Å². The summed E-state index contributed by atoms with van der Waals surface area (Å²) in [4.78, 5) is 5.55. The van der Waals surface area contributed by atoms with Crippen LogP contribution in [-0.4, -0.2) is 9.55 Å². The summed E-state index contributed by atoms with van der Waals surface area (Å²) in [5.74, 6) is 0.767. The highest BCUT2D eigenvalue weighted by atomic mass is 127. The van der Waals surface area contributed by atoms with Gasteiger partial charge in [-0.1, -0.05) is 11.6 Å². The van der Waals surface area contributed by atoms with Gasteiger partial charge in [0.1, 0.15) is 11.6 Å². The summed E-state index contributed by atoms with van der Waals surface area (Å²) in [6.45, 7) is 0.593. The predicted molar refractivity (Wildman–Crippen MR) is 90.4 cm³/mol. The molecule has 3 aromatic rings. The van der Waals surface area contributed by atoms with Gasteiger partial charge in [-0.2, -0.15) is 0 Å². The molecule has 0 atom stereocenters. The van der Waals surface area contributed by atoms with Gasteiger partial charge in [-0.05, 0) is 40.8 Å². The number of imidazole rings is 1. The van der Waals surface area contributed by atoms with E-state index in [1.165, 1.54) is 17.4 Å². The molecule has 0 amide bonds. The summed E-state index contributed by atoms with van der Waals surface area (Å²) in [7, 11) is 0. The molecule has 0 bridgehead atoms. The van der Waals surface area contributed by atoms with E-state index in [1.54, 1.807) is 6.07 Å².